The zero-order valence-electron chi connectivity index (χ0n) is 12.9. The van der Waals surface area contributed by atoms with Crippen molar-refractivity contribution in [3.8, 4) is 5.75 Å². The Balaban J connectivity index is 1.90. The fraction of sp³-hybridized carbons (Fsp3) is 0.200. The zero-order chi connectivity index (χ0) is 17.6. The minimum absolute atomic E-state index is 0.00238. The lowest BCUT2D eigenvalue weighted by molar-refractivity contribution is -0.384. The molecule has 0 fully saturated rings. The number of ether oxygens (including phenoxy) is 1. The van der Waals surface area contributed by atoms with Crippen molar-refractivity contribution in [2.45, 2.75) is 4.90 Å². The predicted molar refractivity (Wildman–Crippen MR) is 89.8 cm³/mol. The third-order valence-electron chi connectivity index (χ3n) is 3.18. The molecule has 2 aromatic rings. The predicted octanol–water partition coefficient (Wildman–Crippen LogP) is 1.99. The summed E-state index contributed by atoms with van der Waals surface area (Å²) in [7, 11) is -2.27. The van der Waals surface area contributed by atoms with E-state index in [4.69, 9.17) is 4.74 Å². The fourth-order valence-corrected chi connectivity index (χ4v) is 3.21. The molecule has 8 nitrogen and oxygen atoms in total. The molecule has 2 rings (SSSR count). The van der Waals surface area contributed by atoms with Crippen LogP contribution >= 0.6 is 0 Å². The Bertz CT molecular complexity index is 806. The summed E-state index contributed by atoms with van der Waals surface area (Å²) in [5.41, 5.74) is 0.662. The van der Waals surface area contributed by atoms with Crippen molar-refractivity contribution in [2.75, 3.05) is 25.5 Å². The third-order valence-corrected chi connectivity index (χ3v) is 4.68. The van der Waals surface area contributed by atoms with Crippen LogP contribution in [0.1, 0.15) is 0 Å². The molecule has 0 spiro atoms. The van der Waals surface area contributed by atoms with Crippen molar-refractivity contribution in [1.29, 1.82) is 0 Å². The number of hydrogen-bond acceptors (Lipinski definition) is 6. The molecule has 0 saturated heterocycles. The molecule has 2 N–H and O–H groups in total. The van der Waals surface area contributed by atoms with E-state index in [1.54, 1.807) is 30.3 Å². The lowest BCUT2D eigenvalue weighted by Crippen LogP contribution is -2.29. The highest BCUT2D eigenvalue weighted by Crippen LogP contribution is 2.22. The molecule has 128 valence electrons. The normalized spacial score (nSPS) is 11.0. The number of nitro groups is 1. The highest BCUT2D eigenvalue weighted by molar-refractivity contribution is 7.89. The van der Waals surface area contributed by atoms with Crippen molar-refractivity contribution in [3.63, 3.8) is 0 Å². The molecule has 24 heavy (non-hydrogen) atoms. The van der Waals surface area contributed by atoms with Crippen LogP contribution in [0.4, 0.5) is 11.4 Å². The summed E-state index contributed by atoms with van der Waals surface area (Å²) < 4.78 is 32.0. The number of sulfonamides is 1. The molecule has 0 aromatic heterocycles. The van der Waals surface area contributed by atoms with E-state index in [0.717, 1.165) is 0 Å². The number of nitrogens with one attached hydrogen (secondary N) is 2. The number of rotatable bonds is 8. The van der Waals surface area contributed by atoms with Crippen molar-refractivity contribution >= 4 is 21.4 Å². The first-order chi connectivity index (χ1) is 11.4. The van der Waals surface area contributed by atoms with E-state index >= 15 is 0 Å². The molecule has 2 aromatic carbocycles. The van der Waals surface area contributed by atoms with Gasteiger partial charge in [-0.05, 0) is 24.3 Å². The van der Waals surface area contributed by atoms with Gasteiger partial charge in [0.05, 0.1) is 12.0 Å². The minimum Gasteiger partial charge on any atom is -0.495 e. The minimum atomic E-state index is -3.68. The topological polar surface area (TPSA) is 111 Å². The Labute approximate surface area is 139 Å². The van der Waals surface area contributed by atoms with E-state index in [1.165, 1.54) is 25.3 Å². The summed E-state index contributed by atoms with van der Waals surface area (Å²) in [6.07, 6.45) is 0. The van der Waals surface area contributed by atoms with Gasteiger partial charge in [-0.15, -0.1) is 0 Å². The van der Waals surface area contributed by atoms with Gasteiger partial charge in [-0.2, -0.15) is 0 Å². The molecular formula is C15H17N3O5S. The summed E-state index contributed by atoms with van der Waals surface area (Å²) in [5, 5.41) is 13.6. The second-order valence-corrected chi connectivity index (χ2v) is 6.51. The van der Waals surface area contributed by atoms with Gasteiger partial charge in [-0.1, -0.05) is 12.1 Å². The summed E-state index contributed by atoms with van der Waals surface area (Å²) in [4.78, 5) is 10.2. The smallest absolute Gasteiger partial charge is 0.269 e. The van der Waals surface area contributed by atoms with E-state index in [-0.39, 0.29) is 22.9 Å². The van der Waals surface area contributed by atoms with Crippen LogP contribution in [0.2, 0.25) is 0 Å². The molecule has 0 bridgehead atoms. The van der Waals surface area contributed by atoms with Gasteiger partial charge in [0.15, 0.2) is 0 Å². The highest BCUT2D eigenvalue weighted by Gasteiger charge is 2.17. The first kappa shape index (κ1) is 17.7. The maximum absolute atomic E-state index is 12.2. The van der Waals surface area contributed by atoms with Crippen LogP contribution in [0.15, 0.2) is 53.4 Å². The first-order valence-corrected chi connectivity index (χ1v) is 8.53. The number of non-ortho nitro benzene ring substituents is 1. The zero-order valence-corrected chi connectivity index (χ0v) is 13.7. The van der Waals surface area contributed by atoms with Gasteiger partial charge < -0.3 is 10.1 Å². The molecule has 0 radical (unpaired) electrons. The van der Waals surface area contributed by atoms with Gasteiger partial charge >= 0.3 is 0 Å². The van der Waals surface area contributed by atoms with E-state index < -0.39 is 14.9 Å². The summed E-state index contributed by atoms with van der Waals surface area (Å²) in [6.45, 7) is 0.476. The van der Waals surface area contributed by atoms with Crippen LogP contribution in [-0.2, 0) is 10.0 Å². The fourth-order valence-electron chi connectivity index (χ4n) is 2.01. The van der Waals surface area contributed by atoms with E-state index in [9.17, 15) is 18.5 Å². The first-order valence-electron chi connectivity index (χ1n) is 7.05. The molecule has 0 aliphatic heterocycles. The molecule has 0 amide bonds. The molecule has 0 aliphatic carbocycles. The van der Waals surface area contributed by atoms with Crippen LogP contribution in [0.5, 0.6) is 5.75 Å². The van der Waals surface area contributed by atoms with Crippen LogP contribution in [0.25, 0.3) is 0 Å². The van der Waals surface area contributed by atoms with Gasteiger partial charge in [0.1, 0.15) is 10.6 Å². The summed E-state index contributed by atoms with van der Waals surface area (Å²) >= 11 is 0. The Morgan fingerprint density at radius 3 is 2.38 bits per heavy atom. The molecule has 0 saturated carbocycles. The standard InChI is InChI=1S/C15H17N3O5S/c1-23-14-4-2-3-5-15(14)24(21,22)17-11-10-16-12-6-8-13(9-7-12)18(19)20/h2-9,16-17H,10-11H2,1H3. The SMILES string of the molecule is COc1ccccc1S(=O)(=O)NCCNc1ccc([N+](=O)[O-])cc1. The monoisotopic (exact) mass is 351 g/mol. The van der Waals surface area contributed by atoms with Crippen molar-refractivity contribution in [3.05, 3.63) is 58.6 Å². The van der Waals surface area contributed by atoms with Gasteiger partial charge in [0.25, 0.3) is 5.69 Å². The number of benzene rings is 2. The van der Waals surface area contributed by atoms with Gasteiger partial charge in [-0.3, -0.25) is 10.1 Å². The van der Waals surface area contributed by atoms with Crippen molar-refractivity contribution < 1.29 is 18.1 Å². The number of nitrogens with zero attached hydrogens (tertiary/aromatic N) is 1. The molecule has 0 heterocycles. The lowest BCUT2D eigenvalue weighted by Gasteiger charge is -2.11. The Morgan fingerprint density at radius 2 is 1.75 bits per heavy atom. The molecular weight excluding hydrogens is 334 g/mol. The Morgan fingerprint density at radius 1 is 1.08 bits per heavy atom. The van der Waals surface area contributed by atoms with Gasteiger partial charge in [0, 0.05) is 30.9 Å². The number of methoxy groups -OCH3 is 1. The second-order valence-electron chi connectivity index (χ2n) is 4.78. The van der Waals surface area contributed by atoms with Crippen LogP contribution in [0.3, 0.4) is 0 Å². The number of anilines is 1. The lowest BCUT2D eigenvalue weighted by atomic mass is 10.3. The van der Waals surface area contributed by atoms with Crippen LogP contribution in [0, 0.1) is 10.1 Å². The molecule has 0 atom stereocenters. The number of para-hydroxylation sites is 1. The molecule has 0 unspecified atom stereocenters. The van der Waals surface area contributed by atoms with Gasteiger partial charge in [0.2, 0.25) is 10.0 Å². The average Bonchev–Trinajstić information content (AvgIpc) is 2.59. The maximum Gasteiger partial charge on any atom is 0.269 e. The molecule has 0 aliphatic rings. The second kappa shape index (κ2) is 7.75. The Hall–Kier alpha value is -2.65. The van der Waals surface area contributed by atoms with E-state index in [2.05, 4.69) is 10.0 Å². The van der Waals surface area contributed by atoms with Crippen molar-refractivity contribution in [1.82, 2.24) is 4.72 Å². The van der Waals surface area contributed by atoms with Crippen LogP contribution in [-0.4, -0.2) is 33.5 Å². The average molecular weight is 351 g/mol. The highest BCUT2D eigenvalue weighted by atomic mass is 32.2. The molecule has 9 heteroatoms. The summed E-state index contributed by atoms with van der Waals surface area (Å²) in [5.74, 6) is 0.272. The van der Waals surface area contributed by atoms with Crippen molar-refractivity contribution in [2.24, 2.45) is 0 Å². The number of hydrogen-bond donors (Lipinski definition) is 2. The summed E-state index contributed by atoms with van der Waals surface area (Å²) in [6, 6.07) is 12.2. The van der Waals surface area contributed by atoms with E-state index in [1.807, 2.05) is 0 Å². The third kappa shape index (κ3) is 4.43. The Kier molecular flexibility index (Phi) is 5.72. The maximum atomic E-state index is 12.2. The van der Waals surface area contributed by atoms with Gasteiger partial charge in [-0.25, -0.2) is 13.1 Å². The van der Waals surface area contributed by atoms with E-state index in [0.29, 0.717) is 12.2 Å². The quantitative estimate of drug-likeness (QED) is 0.427. The number of nitro benzene ring substituents is 1. The largest absolute Gasteiger partial charge is 0.495 e. The van der Waals surface area contributed by atoms with Crippen LogP contribution < -0.4 is 14.8 Å².